The molecule has 0 aliphatic heterocycles. The Hall–Kier alpha value is -2.92. The molecule has 2 heteroatoms. The third-order valence-electron chi connectivity index (χ3n) is 7.06. The van der Waals surface area contributed by atoms with E-state index in [1.165, 1.54) is 49.7 Å². The molecule has 32 heavy (non-hydrogen) atoms. The highest BCUT2D eigenvalue weighted by molar-refractivity contribution is 5.65. The molecular formula is C30H32FN. The predicted molar refractivity (Wildman–Crippen MR) is 130 cm³/mol. The third kappa shape index (κ3) is 5.46. The van der Waals surface area contributed by atoms with E-state index in [-0.39, 0.29) is 5.82 Å². The predicted octanol–water partition coefficient (Wildman–Crippen LogP) is 8.22. The first-order valence-electron chi connectivity index (χ1n) is 12.0. The summed E-state index contributed by atoms with van der Waals surface area (Å²) in [6, 6.07) is 23.8. The average molecular weight is 426 g/mol. The molecule has 0 atom stereocenters. The van der Waals surface area contributed by atoms with Gasteiger partial charge < -0.3 is 0 Å². The average Bonchev–Trinajstić information content (AvgIpc) is 2.84. The Kier molecular flexibility index (Phi) is 7.38. The van der Waals surface area contributed by atoms with Crippen molar-refractivity contribution in [1.29, 1.82) is 5.26 Å². The van der Waals surface area contributed by atoms with Gasteiger partial charge in [0.05, 0.1) is 11.6 Å². The molecule has 0 N–H and O–H groups in total. The lowest BCUT2D eigenvalue weighted by atomic mass is 9.77. The lowest BCUT2D eigenvalue weighted by Gasteiger charge is -2.28. The van der Waals surface area contributed by atoms with Crippen LogP contribution < -0.4 is 0 Å². The monoisotopic (exact) mass is 425 g/mol. The Morgan fingerprint density at radius 3 is 2.12 bits per heavy atom. The quantitative estimate of drug-likeness (QED) is 0.374. The van der Waals surface area contributed by atoms with Gasteiger partial charge in [0.25, 0.3) is 0 Å². The van der Waals surface area contributed by atoms with Crippen LogP contribution in [0.25, 0.3) is 11.1 Å². The highest BCUT2D eigenvalue weighted by Crippen LogP contribution is 2.37. The van der Waals surface area contributed by atoms with Crippen LogP contribution >= 0.6 is 0 Å². The van der Waals surface area contributed by atoms with Gasteiger partial charge in [-0.25, -0.2) is 4.39 Å². The van der Waals surface area contributed by atoms with Crippen LogP contribution in [0, 0.1) is 23.1 Å². The summed E-state index contributed by atoms with van der Waals surface area (Å²) in [4.78, 5) is 0. The summed E-state index contributed by atoms with van der Waals surface area (Å²) in [5.74, 6) is 1.46. The van der Waals surface area contributed by atoms with E-state index >= 15 is 0 Å². The first-order valence-corrected chi connectivity index (χ1v) is 12.0. The number of benzene rings is 3. The summed E-state index contributed by atoms with van der Waals surface area (Å²) < 4.78 is 14.7. The summed E-state index contributed by atoms with van der Waals surface area (Å²) in [6.07, 6.45) is 9.86. The standard InChI is InChI=1S/C30H32FN/c1-2-3-22-6-13-26(14-7-22)27-15-8-23(9-16-27)4-5-24-12-19-29(30(31)20-24)28-17-10-25(21-32)11-18-28/h8-12,15-20,22,26H,2-7,13-14H2,1H3/t22-,26-. The van der Waals surface area contributed by atoms with Crippen molar-refractivity contribution < 1.29 is 4.39 Å². The summed E-state index contributed by atoms with van der Waals surface area (Å²) in [7, 11) is 0. The number of hydrogen-bond acceptors (Lipinski definition) is 1. The SMILES string of the molecule is CCC[C@H]1CC[C@H](c2ccc(CCc3ccc(-c4ccc(C#N)cc4)c(F)c3)cc2)CC1. The van der Waals surface area contributed by atoms with Gasteiger partial charge in [0.1, 0.15) is 5.82 Å². The highest BCUT2D eigenvalue weighted by atomic mass is 19.1. The zero-order valence-electron chi connectivity index (χ0n) is 19.0. The maximum absolute atomic E-state index is 14.7. The fourth-order valence-corrected chi connectivity index (χ4v) is 5.11. The minimum atomic E-state index is -0.207. The molecule has 3 aromatic rings. The Bertz CT molecular complexity index is 1050. The zero-order valence-corrected chi connectivity index (χ0v) is 19.0. The van der Waals surface area contributed by atoms with Crippen molar-refractivity contribution in [1.82, 2.24) is 0 Å². The van der Waals surface area contributed by atoms with Crippen LogP contribution in [-0.2, 0) is 12.8 Å². The summed E-state index contributed by atoms with van der Waals surface area (Å²) in [5.41, 5.74) is 5.77. The molecule has 164 valence electrons. The molecule has 1 fully saturated rings. The Morgan fingerprint density at radius 2 is 1.50 bits per heavy atom. The van der Waals surface area contributed by atoms with Crippen LogP contribution in [0.15, 0.2) is 66.7 Å². The Balaban J connectivity index is 1.33. The fraction of sp³-hybridized carbons (Fsp3) is 0.367. The number of nitrogens with zero attached hydrogens (tertiary/aromatic N) is 1. The number of aryl methyl sites for hydroxylation is 2. The molecular weight excluding hydrogens is 393 g/mol. The van der Waals surface area contributed by atoms with Crippen molar-refractivity contribution in [3.8, 4) is 17.2 Å². The second-order valence-corrected chi connectivity index (χ2v) is 9.25. The summed E-state index contributed by atoms with van der Waals surface area (Å²) >= 11 is 0. The maximum Gasteiger partial charge on any atom is 0.131 e. The van der Waals surface area contributed by atoms with E-state index in [0.717, 1.165) is 35.8 Å². The maximum atomic E-state index is 14.7. The van der Waals surface area contributed by atoms with E-state index in [4.69, 9.17) is 5.26 Å². The Labute approximate surface area is 191 Å². The normalized spacial score (nSPS) is 18.3. The smallest absolute Gasteiger partial charge is 0.131 e. The van der Waals surface area contributed by atoms with Crippen molar-refractivity contribution in [2.75, 3.05) is 0 Å². The number of rotatable bonds is 7. The van der Waals surface area contributed by atoms with Crippen LogP contribution in [0.3, 0.4) is 0 Å². The molecule has 0 heterocycles. The van der Waals surface area contributed by atoms with Crippen LogP contribution in [0.2, 0.25) is 0 Å². The second kappa shape index (κ2) is 10.6. The molecule has 0 bridgehead atoms. The van der Waals surface area contributed by atoms with Crippen molar-refractivity contribution >= 4 is 0 Å². The molecule has 4 rings (SSSR count). The molecule has 0 aromatic heterocycles. The largest absolute Gasteiger partial charge is 0.206 e. The van der Waals surface area contributed by atoms with Crippen molar-refractivity contribution in [3.63, 3.8) is 0 Å². The zero-order chi connectivity index (χ0) is 22.3. The number of halogens is 1. The first kappa shape index (κ1) is 22.3. The fourth-order valence-electron chi connectivity index (χ4n) is 5.11. The molecule has 0 unspecified atom stereocenters. The minimum absolute atomic E-state index is 0.207. The van der Waals surface area contributed by atoms with E-state index in [9.17, 15) is 4.39 Å². The lowest BCUT2D eigenvalue weighted by Crippen LogP contribution is -2.13. The van der Waals surface area contributed by atoms with Gasteiger partial charge in [-0.2, -0.15) is 5.26 Å². The van der Waals surface area contributed by atoms with Gasteiger partial charge >= 0.3 is 0 Å². The Morgan fingerprint density at radius 1 is 0.844 bits per heavy atom. The topological polar surface area (TPSA) is 23.8 Å². The van der Waals surface area contributed by atoms with E-state index in [1.54, 1.807) is 30.3 Å². The van der Waals surface area contributed by atoms with Gasteiger partial charge in [-0.05, 0) is 90.8 Å². The molecule has 0 radical (unpaired) electrons. The molecule has 0 saturated heterocycles. The van der Waals surface area contributed by atoms with Gasteiger partial charge in [0, 0.05) is 5.56 Å². The van der Waals surface area contributed by atoms with Gasteiger partial charge in [-0.15, -0.1) is 0 Å². The van der Waals surface area contributed by atoms with Gasteiger partial charge in [-0.1, -0.05) is 68.3 Å². The third-order valence-corrected chi connectivity index (χ3v) is 7.06. The number of nitriles is 1. The van der Waals surface area contributed by atoms with Gasteiger partial charge in [-0.3, -0.25) is 0 Å². The second-order valence-electron chi connectivity index (χ2n) is 9.25. The highest BCUT2D eigenvalue weighted by Gasteiger charge is 2.21. The molecule has 3 aromatic carbocycles. The molecule has 0 amide bonds. The van der Waals surface area contributed by atoms with E-state index in [2.05, 4.69) is 37.3 Å². The van der Waals surface area contributed by atoms with Crippen molar-refractivity contribution in [2.24, 2.45) is 5.92 Å². The van der Waals surface area contributed by atoms with Crippen molar-refractivity contribution in [3.05, 3.63) is 94.8 Å². The molecule has 0 spiro atoms. The summed E-state index contributed by atoms with van der Waals surface area (Å²) in [5, 5.41) is 8.93. The first-order chi connectivity index (χ1) is 15.7. The lowest BCUT2D eigenvalue weighted by molar-refractivity contribution is 0.308. The van der Waals surface area contributed by atoms with Gasteiger partial charge in [0.15, 0.2) is 0 Å². The van der Waals surface area contributed by atoms with E-state index in [0.29, 0.717) is 11.1 Å². The van der Waals surface area contributed by atoms with E-state index in [1.807, 2.05) is 12.1 Å². The molecule has 1 aliphatic carbocycles. The van der Waals surface area contributed by atoms with Crippen molar-refractivity contribution in [2.45, 2.75) is 64.2 Å². The van der Waals surface area contributed by atoms with Crippen LogP contribution in [0.5, 0.6) is 0 Å². The molecule has 1 saturated carbocycles. The molecule has 1 aliphatic rings. The van der Waals surface area contributed by atoms with E-state index < -0.39 is 0 Å². The van der Waals surface area contributed by atoms with Crippen LogP contribution in [0.4, 0.5) is 4.39 Å². The number of hydrogen-bond donors (Lipinski definition) is 0. The van der Waals surface area contributed by atoms with Gasteiger partial charge in [0.2, 0.25) is 0 Å². The molecule has 1 nitrogen and oxygen atoms in total. The van der Waals surface area contributed by atoms with Crippen LogP contribution in [-0.4, -0.2) is 0 Å². The van der Waals surface area contributed by atoms with Crippen LogP contribution in [0.1, 0.15) is 73.6 Å². The minimum Gasteiger partial charge on any atom is -0.206 e. The summed E-state index contributed by atoms with van der Waals surface area (Å²) in [6.45, 7) is 2.29.